The van der Waals surface area contributed by atoms with Crippen LogP contribution in [-0.2, 0) is 6.54 Å². The number of aromatic nitrogens is 3. The number of rotatable bonds is 5. The summed E-state index contributed by atoms with van der Waals surface area (Å²) in [7, 11) is 0. The fourth-order valence-corrected chi connectivity index (χ4v) is 2.83. The molecule has 2 aromatic heterocycles. The number of amides is 1. The second-order valence-electron chi connectivity index (χ2n) is 5.96. The van der Waals surface area contributed by atoms with E-state index in [1.165, 1.54) is 10.8 Å². The summed E-state index contributed by atoms with van der Waals surface area (Å²) in [5.74, 6) is 0.399. The predicted molar refractivity (Wildman–Crippen MR) is 100 cm³/mol. The van der Waals surface area contributed by atoms with Gasteiger partial charge in [0.15, 0.2) is 5.76 Å². The van der Waals surface area contributed by atoms with E-state index in [-0.39, 0.29) is 11.6 Å². The van der Waals surface area contributed by atoms with Crippen LogP contribution in [0.25, 0.3) is 22.2 Å². The Morgan fingerprint density at radius 2 is 1.96 bits per heavy atom. The van der Waals surface area contributed by atoms with Crippen LogP contribution in [0.1, 0.15) is 10.4 Å². The summed E-state index contributed by atoms with van der Waals surface area (Å²) in [6.45, 7) is 0.667. The van der Waals surface area contributed by atoms with Crippen molar-refractivity contribution in [2.24, 2.45) is 0 Å². The molecule has 7 nitrogen and oxygen atoms in total. The van der Waals surface area contributed by atoms with Gasteiger partial charge in [0, 0.05) is 36.6 Å². The molecule has 0 aliphatic rings. The van der Waals surface area contributed by atoms with Gasteiger partial charge in [-0.05, 0) is 24.3 Å². The monoisotopic (exact) mass is 360 g/mol. The van der Waals surface area contributed by atoms with E-state index in [9.17, 15) is 9.59 Å². The highest BCUT2D eigenvalue weighted by Gasteiger charge is 2.13. The fourth-order valence-electron chi connectivity index (χ4n) is 2.83. The Balaban J connectivity index is 1.52. The summed E-state index contributed by atoms with van der Waals surface area (Å²) in [6, 6.07) is 16.5. The topological polar surface area (TPSA) is 90.0 Å². The van der Waals surface area contributed by atoms with Crippen LogP contribution in [0.15, 0.2) is 76.3 Å². The molecule has 1 amide bonds. The third kappa shape index (κ3) is 3.48. The van der Waals surface area contributed by atoms with Crippen molar-refractivity contribution in [3.63, 3.8) is 0 Å². The summed E-state index contributed by atoms with van der Waals surface area (Å²) >= 11 is 0. The first-order valence-corrected chi connectivity index (χ1v) is 8.47. The number of nitrogens with zero attached hydrogens (tertiary/aromatic N) is 3. The lowest BCUT2D eigenvalue weighted by molar-refractivity contribution is 0.0952. The van der Waals surface area contributed by atoms with Crippen molar-refractivity contribution in [1.82, 2.24) is 20.0 Å². The molecule has 0 atom stereocenters. The molecule has 0 aliphatic heterocycles. The standard InChI is InChI=1S/C20H16N4O3/c25-19(21-10-12-24-11-4-9-22-20(24)26)15-7-8-17-16(13-15)18(27-23-17)14-5-2-1-3-6-14/h1-9,11,13H,10,12H2,(H,21,25). The fraction of sp³-hybridized carbons (Fsp3) is 0.100. The van der Waals surface area contributed by atoms with E-state index >= 15 is 0 Å². The van der Waals surface area contributed by atoms with Crippen LogP contribution < -0.4 is 11.0 Å². The van der Waals surface area contributed by atoms with Gasteiger partial charge in [-0.1, -0.05) is 35.5 Å². The molecule has 0 radical (unpaired) electrons. The molecule has 2 aromatic carbocycles. The molecule has 4 rings (SSSR count). The first kappa shape index (κ1) is 16.7. The van der Waals surface area contributed by atoms with E-state index in [1.54, 1.807) is 30.5 Å². The SMILES string of the molecule is O=C(NCCn1cccnc1=O)c1ccc2noc(-c3ccccc3)c2c1. The Hall–Kier alpha value is -3.74. The normalized spacial score (nSPS) is 10.8. The zero-order chi connectivity index (χ0) is 18.6. The van der Waals surface area contributed by atoms with E-state index in [1.807, 2.05) is 30.3 Å². The van der Waals surface area contributed by atoms with Crippen molar-refractivity contribution in [3.05, 3.63) is 83.0 Å². The van der Waals surface area contributed by atoms with Crippen LogP contribution >= 0.6 is 0 Å². The Bertz CT molecular complexity index is 1150. The van der Waals surface area contributed by atoms with Crippen molar-refractivity contribution in [2.45, 2.75) is 6.54 Å². The maximum absolute atomic E-state index is 12.5. The van der Waals surface area contributed by atoms with Crippen LogP contribution in [0.5, 0.6) is 0 Å². The highest BCUT2D eigenvalue weighted by Crippen LogP contribution is 2.29. The van der Waals surface area contributed by atoms with Gasteiger partial charge in [0.05, 0.1) is 5.39 Å². The second kappa shape index (κ2) is 7.25. The largest absolute Gasteiger partial charge is 0.355 e. The zero-order valence-corrected chi connectivity index (χ0v) is 14.3. The molecule has 4 aromatic rings. The number of hydrogen-bond donors (Lipinski definition) is 1. The van der Waals surface area contributed by atoms with Crippen LogP contribution in [0.2, 0.25) is 0 Å². The molecule has 7 heteroatoms. The van der Waals surface area contributed by atoms with Crippen LogP contribution in [0, 0.1) is 0 Å². The first-order chi connectivity index (χ1) is 13.2. The molecule has 0 saturated carbocycles. The van der Waals surface area contributed by atoms with Gasteiger partial charge in [-0.3, -0.25) is 9.36 Å². The van der Waals surface area contributed by atoms with E-state index < -0.39 is 0 Å². The number of carbonyl (C=O) groups excluding carboxylic acids is 1. The van der Waals surface area contributed by atoms with Gasteiger partial charge in [0.2, 0.25) is 0 Å². The molecule has 2 heterocycles. The average molecular weight is 360 g/mol. The van der Waals surface area contributed by atoms with E-state index in [4.69, 9.17) is 4.52 Å². The maximum Gasteiger partial charge on any atom is 0.347 e. The van der Waals surface area contributed by atoms with Crippen LogP contribution in [0.3, 0.4) is 0 Å². The van der Waals surface area contributed by atoms with Gasteiger partial charge in [-0.15, -0.1) is 0 Å². The summed E-state index contributed by atoms with van der Waals surface area (Å²) in [4.78, 5) is 27.7. The Labute approximate surface area is 154 Å². The molecular formula is C20H16N4O3. The number of nitrogens with one attached hydrogen (secondary N) is 1. The summed E-state index contributed by atoms with van der Waals surface area (Å²) in [6.07, 6.45) is 3.08. The molecule has 0 bridgehead atoms. The van der Waals surface area contributed by atoms with Crippen molar-refractivity contribution < 1.29 is 9.32 Å². The summed E-state index contributed by atoms with van der Waals surface area (Å²) in [5.41, 5.74) is 1.74. The van der Waals surface area contributed by atoms with E-state index in [0.717, 1.165) is 10.9 Å². The van der Waals surface area contributed by atoms with Gasteiger partial charge in [-0.25, -0.2) is 9.78 Å². The van der Waals surface area contributed by atoms with Crippen molar-refractivity contribution in [2.75, 3.05) is 6.54 Å². The molecule has 27 heavy (non-hydrogen) atoms. The van der Waals surface area contributed by atoms with E-state index in [0.29, 0.717) is 29.9 Å². The molecular weight excluding hydrogens is 344 g/mol. The summed E-state index contributed by atoms with van der Waals surface area (Å²) in [5, 5.41) is 7.64. The number of benzene rings is 2. The van der Waals surface area contributed by atoms with Gasteiger partial charge in [-0.2, -0.15) is 0 Å². The molecule has 0 unspecified atom stereocenters. The third-order valence-corrected chi connectivity index (χ3v) is 4.20. The molecule has 0 fully saturated rings. The number of carbonyl (C=O) groups is 1. The number of fused-ring (bicyclic) bond motifs is 1. The Kier molecular flexibility index (Phi) is 4.49. The lowest BCUT2D eigenvalue weighted by Crippen LogP contribution is -2.31. The predicted octanol–water partition coefficient (Wildman–Crippen LogP) is 2.48. The first-order valence-electron chi connectivity index (χ1n) is 8.47. The van der Waals surface area contributed by atoms with Crippen LogP contribution in [0.4, 0.5) is 0 Å². The van der Waals surface area contributed by atoms with Gasteiger partial charge in [0.25, 0.3) is 5.91 Å². The quantitative estimate of drug-likeness (QED) is 0.590. The minimum absolute atomic E-state index is 0.228. The molecule has 0 aliphatic carbocycles. The maximum atomic E-state index is 12.5. The zero-order valence-electron chi connectivity index (χ0n) is 14.3. The van der Waals surface area contributed by atoms with E-state index in [2.05, 4.69) is 15.5 Å². The second-order valence-corrected chi connectivity index (χ2v) is 5.96. The summed E-state index contributed by atoms with van der Waals surface area (Å²) < 4.78 is 6.90. The third-order valence-electron chi connectivity index (χ3n) is 4.20. The van der Waals surface area contributed by atoms with Gasteiger partial charge in [0.1, 0.15) is 5.52 Å². The average Bonchev–Trinajstić information content (AvgIpc) is 3.13. The lowest BCUT2D eigenvalue weighted by Gasteiger charge is -2.07. The molecule has 134 valence electrons. The number of hydrogen-bond acceptors (Lipinski definition) is 5. The van der Waals surface area contributed by atoms with Gasteiger partial charge >= 0.3 is 5.69 Å². The lowest BCUT2D eigenvalue weighted by atomic mass is 10.1. The van der Waals surface area contributed by atoms with Crippen LogP contribution in [-0.4, -0.2) is 27.2 Å². The smallest absolute Gasteiger partial charge is 0.347 e. The Morgan fingerprint density at radius 1 is 1.11 bits per heavy atom. The molecule has 0 spiro atoms. The van der Waals surface area contributed by atoms with Crippen molar-refractivity contribution in [1.29, 1.82) is 0 Å². The van der Waals surface area contributed by atoms with Gasteiger partial charge < -0.3 is 9.84 Å². The van der Waals surface area contributed by atoms with Crippen molar-refractivity contribution in [3.8, 4) is 11.3 Å². The minimum atomic E-state index is -0.342. The Morgan fingerprint density at radius 3 is 2.78 bits per heavy atom. The highest BCUT2D eigenvalue weighted by molar-refractivity contribution is 6.00. The molecule has 1 N–H and O–H groups in total. The molecule has 0 saturated heterocycles. The highest BCUT2D eigenvalue weighted by atomic mass is 16.5. The minimum Gasteiger partial charge on any atom is -0.355 e. The van der Waals surface area contributed by atoms with Crippen molar-refractivity contribution >= 4 is 16.8 Å².